The number of nitrogens with one attached hydrogen (secondary N) is 1. The molecule has 1 amide bonds. The monoisotopic (exact) mass is 292 g/mol. The van der Waals surface area contributed by atoms with Crippen molar-refractivity contribution in [2.24, 2.45) is 0 Å². The molecule has 5 nitrogen and oxygen atoms in total. The number of rotatable bonds is 3. The van der Waals surface area contributed by atoms with Gasteiger partial charge in [-0.25, -0.2) is 14.0 Å². The average Bonchev–Trinajstić information content (AvgIpc) is 2.73. The third kappa shape index (κ3) is 3.04. The highest BCUT2D eigenvalue weighted by molar-refractivity contribution is 5.76. The van der Waals surface area contributed by atoms with Gasteiger partial charge in [0, 0.05) is 12.1 Å². The first-order valence-electron chi connectivity index (χ1n) is 6.66. The van der Waals surface area contributed by atoms with Crippen molar-refractivity contribution in [1.82, 2.24) is 10.1 Å². The van der Waals surface area contributed by atoms with Crippen LogP contribution in [-0.2, 0) is 6.54 Å². The Bertz CT molecular complexity index is 716. The van der Waals surface area contributed by atoms with Crippen LogP contribution in [0, 0.1) is 12.7 Å². The maximum absolute atomic E-state index is 13.5. The minimum atomic E-state index is -0.597. The molecule has 1 N–H and O–H groups in total. The first-order chi connectivity index (χ1) is 9.91. The van der Waals surface area contributed by atoms with Crippen molar-refractivity contribution in [2.75, 3.05) is 0 Å². The van der Waals surface area contributed by atoms with Gasteiger partial charge in [0.25, 0.3) is 0 Å². The molecule has 112 valence electrons. The van der Waals surface area contributed by atoms with E-state index in [0.29, 0.717) is 16.8 Å². The Morgan fingerprint density at radius 3 is 2.62 bits per heavy atom. The van der Waals surface area contributed by atoms with Gasteiger partial charge in [-0.15, -0.1) is 4.74 Å². The number of amides is 1. The van der Waals surface area contributed by atoms with E-state index < -0.39 is 17.5 Å². The summed E-state index contributed by atoms with van der Waals surface area (Å²) < 4.78 is 19.3. The standard InChI is InChI=1S/C15H17FN2O3/c1-9(2)13-10(3)18(21-14(13)19)15(20)17-8-11-6-4-5-7-12(11)16/h4-7,9H,8H2,1-3H3,(H,17,20). The summed E-state index contributed by atoms with van der Waals surface area (Å²) in [7, 11) is 0. The predicted octanol–water partition coefficient (Wildman–Crippen LogP) is 2.77. The number of hydrogen-bond acceptors (Lipinski definition) is 3. The predicted molar refractivity (Wildman–Crippen MR) is 75.8 cm³/mol. The number of nitrogens with zero attached hydrogens (tertiary/aromatic N) is 1. The van der Waals surface area contributed by atoms with Crippen LogP contribution < -0.4 is 10.9 Å². The molecular formula is C15H17FN2O3. The third-order valence-corrected chi connectivity index (χ3v) is 3.24. The van der Waals surface area contributed by atoms with Crippen LogP contribution in [0.25, 0.3) is 0 Å². The van der Waals surface area contributed by atoms with Crippen LogP contribution >= 0.6 is 0 Å². The third-order valence-electron chi connectivity index (χ3n) is 3.24. The smallest absolute Gasteiger partial charge is 0.331 e. The first kappa shape index (κ1) is 15.0. The van der Waals surface area contributed by atoms with Crippen LogP contribution in [0.15, 0.2) is 33.6 Å². The van der Waals surface area contributed by atoms with Crippen LogP contribution in [0.5, 0.6) is 0 Å². The summed E-state index contributed by atoms with van der Waals surface area (Å²) in [4.78, 5) is 23.7. The van der Waals surface area contributed by atoms with Crippen LogP contribution in [0.3, 0.4) is 0 Å². The van der Waals surface area contributed by atoms with Gasteiger partial charge in [-0.2, -0.15) is 0 Å². The van der Waals surface area contributed by atoms with Crippen molar-refractivity contribution in [3.8, 4) is 0 Å². The lowest BCUT2D eigenvalue weighted by Crippen LogP contribution is -2.28. The van der Waals surface area contributed by atoms with Crippen molar-refractivity contribution in [3.05, 3.63) is 57.3 Å². The minimum absolute atomic E-state index is 0.0177. The highest BCUT2D eigenvalue weighted by Gasteiger charge is 2.20. The number of aromatic nitrogens is 1. The van der Waals surface area contributed by atoms with Crippen molar-refractivity contribution >= 4 is 6.03 Å². The zero-order valence-electron chi connectivity index (χ0n) is 12.1. The summed E-state index contributed by atoms with van der Waals surface area (Å²) in [5, 5.41) is 2.53. The quantitative estimate of drug-likeness (QED) is 0.946. The Balaban J connectivity index is 2.17. The molecule has 21 heavy (non-hydrogen) atoms. The first-order valence-corrected chi connectivity index (χ1v) is 6.66. The zero-order valence-corrected chi connectivity index (χ0v) is 12.1. The molecule has 0 atom stereocenters. The molecule has 6 heteroatoms. The van der Waals surface area contributed by atoms with Crippen molar-refractivity contribution in [1.29, 1.82) is 0 Å². The lowest BCUT2D eigenvalue weighted by Gasteiger charge is -2.07. The van der Waals surface area contributed by atoms with E-state index in [1.165, 1.54) is 6.07 Å². The number of carbonyl (C=O) groups excluding carboxylic acids is 1. The molecule has 0 spiro atoms. The van der Waals surface area contributed by atoms with E-state index in [9.17, 15) is 14.0 Å². The van der Waals surface area contributed by atoms with E-state index in [4.69, 9.17) is 4.52 Å². The van der Waals surface area contributed by atoms with Crippen LogP contribution in [0.4, 0.5) is 9.18 Å². The Labute approximate surface area is 121 Å². The van der Waals surface area contributed by atoms with Crippen LogP contribution in [0.1, 0.15) is 36.6 Å². The molecular weight excluding hydrogens is 275 g/mol. The summed E-state index contributed by atoms with van der Waals surface area (Å²) >= 11 is 0. The van der Waals surface area contributed by atoms with Crippen LogP contribution in [-0.4, -0.2) is 10.8 Å². The van der Waals surface area contributed by atoms with Gasteiger partial charge < -0.3 is 9.84 Å². The van der Waals surface area contributed by atoms with Gasteiger partial charge in [0.05, 0.1) is 11.3 Å². The van der Waals surface area contributed by atoms with Gasteiger partial charge in [-0.1, -0.05) is 32.0 Å². The summed E-state index contributed by atoms with van der Waals surface area (Å²) in [5.41, 5.74) is 0.766. The zero-order chi connectivity index (χ0) is 15.6. The van der Waals surface area contributed by atoms with Crippen LogP contribution in [0.2, 0.25) is 0 Å². The maximum Gasteiger partial charge on any atom is 0.361 e. The summed E-state index contributed by atoms with van der Waals surface area (Å²) in [6.07, 6.45) is 0. The molecule has 0 aliphatic carbocycles. The second-order valence-electron chi connectivity index (χ2n) is 5.08. The van der Waals surface area contributed by atoms with E-state index in [2.05, 4.69) is 5.32 Å². The number of halogens is 1. The van der Waals surface area contributed by atoms with E-state index in [1.54, 1.807) is 25.1 Å². The van der Waals surface area contributed by atoms with Gasteiger partial charge in [0.1, 0.15) is 5.82 Å². The lowest BCUT2D eigenvalue weighted by molar-refractivity contribution is 0.205. The molecule has 2 aromatic rings. The average molecular weight is 292 g/mol. The number of carbonyl (C=O) groups is 1. The Morgan fingerprint density at radius 2 is 2.05 bits per heavy atom. The largest absolute Gasteiger partial charge is 0.361 e. The van der Waals surface area contributed by atoms with Gasteiger partial charge in [0.15, 0.2) is 0 Å². The van der Waals surface area contributed by atoms with Gasteiger partial charge in [-0.05, 0) is 18.9 Å². The molecule has 1 heterocycles. The molecule has 0 radical (unpaired) electrons. The number of benzene rings is 1. The second-order valence-corrected chi connectivity index (χ2v) is 5.08. The fourth-order valence-corrected chi connectivity index (χ4v) is 2.19. The Kier molecular flexibility index (Phi) is 4.26. The maximum atomic E-state index is 13.5. The molecule has 2 rings (SSSR count). The van der Waals surface area contributed by atoms with Crippen molar-refractivity contribution in [2.45, 2.75) is 33.2 Å². The second kappa shape index (κ2) is 5.95. The molecule has 0 saturated heterocycles. The van der Waals surface area contributed by atoms with Gasteiger partial charge >= 0.3 is 11.7 Å². The summed E-state index contributed by atoms with van der Waals surface area (Å²) in [6, 6.07) is 5.56. The topological polar surface area (TPSA) is 64.2 Å². The molecule has 0 fully saturated rings. The molecule has 0 bridgehead atoms. The highest BCUT2D eigenvalue weighted by Crippen LogP contribution is 2.15. The van der Waals surface area contributed by atoms with E-state index in [-0.39, 0.29) is 12.5 Å². The fourth-order valence-electron chi connectivity index (χ4n) is 2.19. The number of hydrogen-bond donors (Lipinski definition) is 1. The molecule has 1 aromatic carbocycles. The van der Waals surface area contributed by atoms with E-state index >= 15 is 0 Å². The molecule has 0 unspecified atom stereocenters. The molecule has 0 saturated carbocycles. The molecule has 0 aliphatic heterocycles. The lowest BCUT2D eigenvalue weighted by atomic mass is 10.1. The normalized spacial score (nSPS) is 10.9. The fraction of sp³-hybridized carbons (Fsp3) is 0.333. The van der Waals surface area contributed by atoms with E-state index in [1.807, 2.05) is 13.8 Å². The van der Waals surface area contributed by atoms with Gasteiger partial charge in [-0.3, -0.25) is 0 Å². The molecule has 1 aromatic heterocycles. The highest BCUT2D eigenvalue weighted by atomic mass is 19.1. The summed E-state index contributed by atoms with van der Waals surface area (Å²) in [5.74, 6) is -0.437. The SMILES string of the molecule is Cc1c(C(C)C)c(=O)on1C(=O)NCc1ccccc1F. The Morgan fingerprint density at radius 1 is 1.38 bits per heavy atom. The van der Waals surface area contributed by atoms with Gasteiger partial charge in [0.2, 0.25) is 0 Å². The van der Waals surface area contributed by atoms with E-state index in [0.717, 1.165) is 4.74 Å². The Hall–Kier alpha value is -2.37. The molecule has 0 aliphatic rings. The van der Waals surface area contributed by atoms with Crippen molar-refractivity contribution in [3.63, 3.8) is 0 Å². The summed E-state index contributed by atoms with van der Waals surface area (Å²) in [6.45, 7) is 5.36. The minimum Gasteiger partial charge on any atom is -0.331 e. The van der Waals surface area contributed by atoms with Crippen molar-refractivity contribution < 1.29 is 13.7 Å².